The van der Waals surface area contributed by atoms with Gasteiger partial charge < -0.3 is 20.3 Å². The molecule has 0 bridgehead atoms. The van der Waals surface area contributed by atoms with E-state index < -0.39 is 0 Å². The fourth-order valence-corrected chi connectivity index (χ4v) is 2.40. The number of rotatable bonds is 11. The monoisotopic (exact) mass is 426 g/mol. The van der Waals surface area contributed by atoms with Crippen LogP contribution < -0.4 is 10.6 Å². The maximum absolute atomic E-state index is 5.55. The summed E-state index contributed by atoms with van der Waals surface area (Å²) in [6.45, 7) is 5.76. The molecule has 0 heterocycles. The standard InChI is InChI=1S/C16H34N4O.HI/c1-5-6-11-21-12-7-10-18-16(17-2)19-13-15(20(3)4)14-8-9-14;/h14-15H,5-13H2,1-4H3,(H2,17,18,19);1H. The number of halogens is 1. The normalized spacial score (nSPS) is 16.3. The quantitative estimate of drug-likeness (QED) is 0.231. The van der Waals surface area contributed by atoms with E-state index in [1.807, 2.05) is 7.05 Å². The van der Waals surface area contributed by atoms with E-state index in [0.29, 0.717) is 6.04 Å². The van der Waals surface area contributed by atoms with Crippen LogP contribution in [0.5, 0.6) is 0 Å². The Labute approximate surface area is 153 Å². The van der Waals surface area contributed by atoms with Gasteiger partial charge in [-0.1, -0.05) is 13.3 Å². The Kier molecular flexibility index (Phi) is 13.3. The molecule has 0 saturated heterocycles. The SMILES string of the molecule is CCCCOCCCNC(=NC)NCC(C1CC1)N(C)C.I. The zero-order valence-corrected chi connectivity index (χ0v) is 17.1. The fourth-order valence-electron chi connectivity index (χ4n) is 2.40. The lowest BCUT2D eigenvalue weighted by molar-refractivity contribution is 0.129. The maximum Gasteiger partial charge on any atom is 0.191 e. The molecule has 1 saturated carbocycles. The summed E-state index contributed by atoms with van der Waals surface area (Å²) in [6, 6.07) is 0.612. The number of nitrogens with one attached hydrogen (secondary N) is 2. The summed E-state index contributed by atoms with van der Waals surface area (Å²) < 4.78 is 5.55. The van der Waals surface area contributed by atoms with Crippen molar-refractivity contribution in [1.82, 2.24) is 15.5 Å². The van der Waals surface area contributed by atoms with Crippen molar-refractivity contribution >= 4 is 29.9 Å². The molecule has 0 radical (unpaired) electrons. The van der Waals surface area contributed by atoms with Gasteiger partial charge >= 0.3 is 0 Å². The molecule has 22 heavy (non-hydrogen) atoms. The summed E-state index contributed by atoms with van der Waals surface area (Å²) in [6.07, 6.45) is 6.11. The van der Waals surface area contributed by atoms with Gasteiger partial charge in [-0.15, -0.1) is 24.0 Å². The molecule has 6 heteroatoms. The second-order valence-electron chi connectivity index (χ2n) is 6.07. The van der Waals surface area contributed by atoms with Gasteiger partial charge in [0.25, 0.3) is 0 Å². The van der Waals surface area contributed by atoms with Crippen LogP contribution in [0.15, 0.2) is 4.99 Å². The van der Waals surface area contributed by atoms with Gasteiger partial charge in [0, 0.05) is 39.4 Å². The molecule has 0 amide bonds. The van der Waals surface area contributed by atoms with E-state index in [1.54, 1.807) is 0 Å². The largest absolute Gasteiger partial charge is 0.381 e. The third-order valence-corrected chi connectivity index (χ3v) is 3.93. The first-order valence-corrected chi connectivity index (χ1v) is 8.37. The first-order valence-electron chi connectivity index (χ1n) is 8.37. The Morgan fingerprint density at radius 1 is 1.23 bits per heavy atom. The molecule has 1 unspecified atom stereocenters. The van der Waals surface area contributed by atoms with Crippen LogP contribution in [-0.4, -0.2) is 64.3 Å². The third-order valence-electron chi connectivity index (χ3n) is 3.93. The van der Waals surface area contributed by atoms with Crippen molar-refractivity contribution < 1.29 is 4.74 Å². The molecule has 1 atom stereocenters. The highest BCUT2D eigenvalue weighted by molar-refractivity contribution is 14.0. The minimum atomic E-state index is 0. The van der Waals surface area contributed by atoms with Gasteiger partial charge in [-0.25, -0.2) is 0 Å². The second-order valence-corrected chi connectivity index (χ2v) is 6.07. The Morgan fingerprint density at radius 2 is 1.91 bits per heavy atom. The van der Waals surface area contributed by atoms with Crippen molar-refractivity contribution in [2.45, 2.75) is 45.1 Å². The van der Waals surface area contributed by atoms with Gasteiger partial charge in [-0.05, 0) is 45.7 Å². The topological polar surface area (TPSA) is 48.9 Å². The highest BCUT2D eigenvalue weighted by Gasteiger charge is 2.32. The summed E-state index contributed by atoms with van der Waals surface area (Å²) in [4.78, 5) is 6.60. The molecular formula is C16H35IN4O. The Balaban J connectivity index is 0.00000441. The summed E-state index contributed by atoms with van der Waals surface area (Å²) in [5.74, 6) is 1.76. The first kappa shape index (κ1) is 21.9. The average molecular weight is 426 g/mol. The van der Waals surface area contributed by atoms with Crippen LogP contribution in [0.1, 0.15) is 39.0 Å². The zero-order valence-electron chi connectivity index (χ0n) is 14.7. The lowest BCUT2D eigenvalue weighted by atomic mass is 10.1. The predicted molar refractivity (Wildman–Crippen MR) is 105 cm³/mol. The van der Waals surface area contributed by atoms with Gasteiger partial charge in [0.1, 0.15) is 0 Å². The molecule has 132 valence electrons. The number of nitrogens with zero attached hydrogens (tertiary/aromatic N) is 2. The van der Waals surface area contributed by atoms with E-state index in [0.717, 1.165) is 51.0 Å². The van der Waals surface area contributed by atoms with E-state index in [2.05, 4.69) is 41.5 Å². The summed E-state index contributed by atoms with van der Waals surface area (Å²) in [7, 11) is 6.15. The lowest BCUT2D eigenvalue weighted by Crippen LogP contribution is -2.46. The van der Waals surface area contributed by atoms with E-state index in [4.69, 9.17) is 4.74 Å². The molecule has 1 aliphatic rings. The van der Waals surface area contributed by atoms with Crippen molar-refractivity contribution in [3.05, 3.63) is 0 Å². The van der Waals surface area contributed by atoms with Crippen LogP contribution in [0.2, 0.25) is 0 Å². The van der Waals surface area contributed by atoms with Crippen LogP contribution in [0.25, 0.3) is 0 Å². The van der Waals surface area contributed by atoms with E-state index in [1.165, 1.54) is 19.3 Å². The Hall–Kier alpha value is -0.0800. The van der Waals surface area contributed by atoms with Crippen molar-refractivity contribution in [3.63, 3.8) is 0 Å². The van der Waals surface area contributed by atoms with Gasteiger partial charge in [0.2, 0.25) is 0 Å². The van der Waals surface area contributed by atoms with Crippen LogP contribution in [-0.2, 0) is 4.74 Å². The number of hydrogen-bond acceptors (Lipinski definition) is 3. The minimum absolute atomic E-state index is 0. The highest BCUT2D eigenvalue weighted by atomic mass is 127. The molecule has 1 fully saturated rings. The molecule has 1 rings (SSSR count). The van der Waals surface area contributed by atoms with E-state index in [9.17, 15) is 0 Å². The predicted octanol–water partition coefficient (Wildman–Crippen LogP) is 2.32. The lowest BCUT2D eigenvalue weighted by Gasteiger charge is -2.25. The first-order chi connectivity index (χ1) is 10.2. The van der Waals surface area contributed by atoms with Gasteiger partial charge in [0.15, 0.2) is 5.96 Å². The number of hydrogen-bond donors (Lipinski definition) is 2. The molecule has 0 aromatic carbocycles. The number of guanidine groups is 1. The average Bonchev–Trinajstić information content (AvgIpc) is 3.28. The molecule has 0 spiro atoms. The van der Waals surface area contributed by atoms with Crippen molar-refractivity contribution in [2.24, 2.45) is 10.9 Å². The molecular weight excluding hydrogens is 391 g/mol. The molecule has 0 aromatic heterocycles. The van der Waals surface area contributed by atoms with Crippen molar-refractivity contribution in [1.29, 1.82) is 0 Å². The molecule has 5 nitrogen and oxygen atoms in total. The van der Waals surface area contributed by atoms with Crippen molar-refractivity contribution in [3.8, 4) is 0 Å². The molecule has 2 N–H and O–H groups in total. The molecule has 0 aromatic rings. The van der Waals surface area contributed by atoms with Crippen LogP contribution in [0.3, 0.4) is 0 Å². The van der Waals surface area contributed by atoms with Gasteiger partial charge in [-0.3, -0.25) is 4.99 Å². The third kappa shape index (κ3) is 9.84. The molecule has 0 aliphatic heterocycles. The number of ether oxygens (including phenoxy) is 1. The summed E-state index contributed by atoms with van der Waals surface area (Å²) in [5.41, 5.74) is 0. The van der Waals surface area contributed by atoms with Gasteiger partial charge in [-0.2, -0.15) is 0 Å². The van der Waals surface area contributed by atoms with Crippen LogP contribution >= 0.6 is 24.0 Å². The second kappa shape index (κ2) is 13.4. The van der Waals surface area contributed by atoms with Gasteiger partial charge in [0.05, 0.1) is 0 Å². The Morgan fingerprint density at radius 3 is 2.45 bits per heavy atom. The van der Waals surface area contributed by atoms with Crippen LogP contribution in [0, 0.1) is 5.92 Å². The summed E-state index contributed by atoms with van der Waals surface area (Å²) in [5, 5.41) is 6.79. The van der Waals surface area contributed by atoms with E-state index >= 15 is 0 Å². The number of likely N-dealkylation sites (N-methyl/N-ethyl adjacent to an activating group) is 1. The van der Waals surface area contributed by atoms with Crippen LogP contribution in [0.4, 0.5) is 0 Å². The maximum atomic E-state index is 5.55. The highest BCUT2D eigenvalue weighted by Crippen LogP contribution is 2.34. The number of unbranched alkanes of at least 4 members (excludes halogenated alkanes) is 1. The number of aliphatic imine (C=N–C) groups is 1. The zero-order chi connectivity index (χ0) is 15.5. The summed E-state index contributed by atoms with van der Waals surface area (Å²) >= 11 is 0. The smallest absolute Gasteiger partial charge is 0.191 e. The molecule has 1 aliphatic carbocycles. The van der Waals surface area contributed by atoms with E-state index in [-0.39, 0.29) is 24.0 Å². The fraction of sp³-hybridized carbons (Fsp3) is 0.938. The Bertz CT molecular complexity index is 294. The minimum Gasteiger partial charge on any atom is -0.381 e. The van der Waals surface area contributed by atoms with Crippen molar-refractivity contribution in [2.75, 3.05) is 47.4 Å².